The van der Waals surface area contributed by atoms with E-state index in [0.29, 0.717) is 12.5 Å². The third kappa shape index (κ3) is 6.97. The Bertz CT molecular complexity index is 762. The van der Waals surface area contributed by atoms with Gasteiger partial charge in [-0.25, -0.2) is 0 Å². The number of nitrogens with one attached hydrogen (secondary N) is 1. The molecule has 1 aliphatic heterocycles. The Balaban J connectivity index is 0.00000225. The normalized spacial score (nSPS) is 14.7. The highest BCUT2D eigenvalue weighted by molar-refractivity contribution is 5.85. The summed E-state index contributed by atoms with van der Waals surface area (Å²) in [5.74, 6) is 1.63. The number of nitrogens with zero attached hydrogens (tertiary/aromatic N) is 1. The second kappa shape index (κ2) is 12.5. The Morgan fingerprint density at radius 1 is 1.07 bits per heavy atom. The van der Waals surface area contributed by atoms with Gasteiger partial charge in [-0.1, -0.05) is 30.3 Å². The van der Waals surface area contributed by atoms with Gasteiger partial charge in [-0.2, -0.15) is 0 Å². The highest BCUT2D eigenvalue weighted by Gasteiger charge is 2.24. The van der Waals surface area contributed by atoms with Crippen LogP contribution in [-0.2, 0) is 4.79 Å². The molecule has 1 unspecified atom stereocenters. The van der Waals surface area contributed by atoms with Gasteiger partial charge in [-0.15, -0.1) is 24.8 Å². The zero-order chi connectivity index (χ0) is 19.9. The van der Waals surface area contributed by atoms with Gasteiger partial charge in [-0.3, -0.25) is 4.79 Å². The number of nitrogens with two attached hydrogens (primary N) is 1. The number of halogens is 2. The average Bonchev–Trinajstić information content (AvgIpc) is 2.74. The first-order valence-corrected chi connectivity index (χ1v) is 9.67. The zero-order valence-corrected chi connectivity index (χ0v) is 19.0. The Labute approximate surface area is 190 Å². The lowest BCUT2D eigenvalue weighted by Gasteiger charge is -2.33. The van der Waals surface area contributed by atoms with Gasteiger partial charge < -0.3 is 25.4 Å². The number of amides is 1. The predicted octanol–water partition coefficient (Wildman–Crippen LogP) is 4.04. The smallest absolute Gasteiger partial charge is 0.224 e. The van der Waals surface area contributed by atoms with Crippen LogP contribution in [0.4, 0.5) is 5.69 Å². The molecule has 8 heteroatoms. The highest BCUT2D eigenvalue weighted by Crippen LogP contribution is 2.27. The molecule has 0 aliphatic carbocycles. The van der Waals surface area contributed by atoms with Crippen LogP contribution in [-0.4, -0.2) is 44.2 Å². The molecule has 3 rings (SSSR count). The van der Waals surface area contributed by atoms with E-state index in [0.717, 1.165) is 48.7 Å². The van der Waals surface area contributed by atoms with Gasteiger partial charge in [0.05, 0.1) is 14.2 Å². The quantitative estimate of drug-likeness (QED) is 0.658. The van der Waals surface area contributed by atoms with Crippen molar-refractivity contribution in [3.63, 3.8) is 0 Å². The minimum atomic E-state index is -0.256. The maximum Gasteiger partial charge on any atom is 0.224 e. The SMILES string of the molecule is COc1cc(NC2CCN(C(=O)CC(N)c3ccccc3)CC2)cc(OC)c1.Cl.Cl. The number of hydrogen-bond acceptors (Lipinski definition) is 5. The highest BCUT2D eigenvalue weighted by atomic mass is 35.5. The molecule has 1 aliphatic rings. The van der Waals surface area contributed by atoms with Crippen molar-refractivity contribution in [3.05, 3.63) is 54.1 Å². The van der Waals surface area contributed by atoms with Gasteiger partial charge in [-0.05, 0) is 18.4 Å². The molecule has 2 aromatic carbocycles. The van der Waals surface area contributed by atoms with Crippen LogP contribution in [0.1, 0.15) is 30.9 Å². The fraction of sp³-hybridized carbons (Fsp3) is 0.409. The first kappa shape index (κ1) is 25.9. The van der Waals surface area contributed by atoms with E-state index in [2.05, 4.69) is 5.32 Å². The van der Waals surface area contributed by atoms with E-state index >= 15 is 0 Å². The van der Waals surface area contributed by atoms with Crippen molar-refractivity contribution in [1.29, 1.82) is 0 Å². The van der Waals surface area contributed by atoms with Gasteiger partial charge in [0.15, 0.2) is 0 Å². The molecule has 1 amide bonds. The molecule has 166 valence electrons. The summed E-state index contributed by atoms with van der Waals surface area (Å²) in [6.45, 7) is 1.47. The zero-order valence-electron chi connectivity index (χ0n) is 17.4. The number of likely N-dealkylation sites (tertiary alicyclic amines) is 1. The maximum absolute atomic E-state index is 12.6. The topological polar surface area (TPSA) is 76.8 Å². The summed E-state index contributed by atoms with van der Waals surface area (Å²) in [5, 5.41) is 3.53. The lowest BCUT2D eigenvalue weighted by atomic mass is 10.0. The maximum atomic E-state index is 12.6. The minimum absolute atomic E-state index is 0. The van der Waals surface area contributed by atoms with Crippen molar-refractivity contribution in [1.82, 2.24) is 4.90 Å². The van der Waals surface area contributed by atoms with Crippen molar-refractivity contribution in [2.45, 2.75) is 31.3 Å². The second-order valence-corrected chi connectivity index (χ2v) is 7.12. The first-order chi connectivity index (χ1) is 13.6. The summed E-state index contributed by atoms with van der Waals surface area (Å²) in [4.78, 5) is 14.5. The molecule has 1 saturated heterocycles. The number of carbonyl (C=O) groups excluding carboxylic acids is 1. The molecule has 1 heterocycles. The van der Waals surface area contributed by atoms with Crippen LogP contribution in [0.25, 0.3) is 0 Å². The average molecular weight is 456 g/mol. The Hall–Kier alpha value is -2.15. The number of anilines is 1. The largest absolute Gasteiger partial charge is 0.497 e. The van der Waals surface area contributed by atoms with E-state index in [9.17, 15) is 4.79 Å². The van der Waals surface area contributed by atoms with Crippen molar-refractivity contribution < 1.29 is 14.3 Å². The number of piperidine rings is 1. The molecule has 2 aromatic rings. The van der Waals surface area contributed by atoms with Crippen molar-refractivity contribution >= 4 is 36.4 Å². The van der Waals surface area contributed by atoms with Crippen LogP contribution in [0.15, 0.2) is 48.5 Å². The third-order valence-electron chi connectivity index (χ3n) is 5.19. The van der Waals surface area contributed by atoms with Crippen molar-refractivity contribution in [2.75, 3.05) is 32.6 Å². The van der Waals surface area contributed by atoms with Gasteiger partial charge in [0.1, 0.15) is 11.5 Å². The third-order valence-corrected chi connectivity index (χ3v) is 5.19. The molecule has 30 heavy (non-hydrogen) atoms. The van der Waals surface area contributed by atoms with Gasteiger partial charge >= 0.3 is 0 Å². The molecule has 6 nitrogen and oxygen atoms in total. The molecular formula is C22H31Cl2N3O3. The monoisotopic (exact) mass is 455 g/mol. The Morgan fingerprint density at radius 3 is 2.17 bits per heavy atom. The van der Waals surface area contributed by atoms with Crippen LogP contribution >= 0.6 is 24.8 Å². The Morgan fingerprint density at radius 2 is 1.63 bits per heavy atom. The van der Waals surface area contributed by atoms with Crippen molar-refractivity contribution in [2.24, 2.45) is 5.73 Å². The number of rotatable bonds is 7. The lowest BCUT2D eigenvalue weighted by Crippen LogP contribution is -2.43. The molecule has 0 radical (unpaired) electrons. The number of carbonyl (C=O) groups is 1. The number of methoxy groups -OCH3 is 2. The van der Waals surface area contributed by atoms with E-state index in [4.69, 9.17) is 15.2 Å². The molecule has 0 saturated carbocycles. The van der Waals surface area contributed by atoms with E-state index in [1.807, 2.05) is 53.4 Å². The molecule has 0 spiro atoms. The molecule has 1 fully saturated rings. The number of benzene rings is 2. The van der Waals surface area contributed by atoms with Gasteiger partial charge in [0, 0.05) is 55.5 Å². The van der Waals surface area contributed by atoms with Gasteiger partial charge in [0.2, 0.25) is 5.91 Å². The molecule has 0 bridgehead atoms. The summed E-state index contributed by atoms with van der Waals surface area (Å²) < 4.78 is 10.6. The van der Waals surface area contributed by atoms with Crippen LogP contribution in [0.5, 0.6) is 11.5 Å². The second-order valence-electron chi connectivity index (χ2n) is 7.12. The van der Waals surface area contributed by atoms with E-state index in [-0.39, 0.29) is 36.8 Å². The number of hydrogen-bond donors (Lipinski definition) is 2. The van der Waals surface area contributed by atoms with Crippen LogP contribution in [0.3, 0.4) is 0 Å². The van der Waals surface area contributed by atoms with Crippen molar-refractivity contribution in [3.8, 4) is 11.5 Å². The number of ether oxygens (including phenoxy) is 2. The molecule has 3 N–H and O–H groups in total. The Kier molecular flexibility index (Phi) is 10.8. The van der Waals surface area contributed by atoms with Crippen LogP contribution < -0.4 is 20.5 Å². The van der Waals surface area contributed by atoms with Crippen LogP contribution in [0, 0.1) is 0 Å². The summed E-state index contributed by atoms with van der Waals surface area (Å²) in [5.41, 5.74) is 8.17. The van der Waals surface area contributed by atoms with E-state index in [1.54, 1.807) is 14.2 Å². The summed E-state index contributed by atoms with van der Waals surface area (Å²) in [7, 11) is 3.28. The molecular weight excluding hydrogens is 425 g/mol. The van der Waals surface area contributed by atoms with E-state index in [1.165, 1.54) is 0 Å². The summed E-state index contributed by atoms with van der Waals surface area (Å²) in [6, 6.07) is 15.6. The fourth-order valence-electron chi connectivity index (χ4n) is 3.54. The van der Waals surface area contributed by atoms with Gasteiger partial charge in [0.25, 0.3) is 0 Å². The predicted molar refractivity (Wildman–Crippen MR) is 125 cm³/mol. The molecule has 1 atom stereocenters. The summed E-state index contributed by atoms with van der Waals surface area (Å²) in [6.07, 6.45) is 2.13. The standard InChI is InChI=1S/C22H29N3O3.2ClH/c1-27-19-12-18(13-20(14-19)28-2)24-17-8-10-25(11-9-17)22(26)15-21(23)16-6-4-3-5-7-16;;/h3-7,12-14,17,21,24H,8-11,15,23H2,1-2H3;2*1H. The molecule has 0 aromatic heterocycles. The minimum Gasteiger partial charge on any atom is -0.497 e. The lowest BCUT2D eigenvalue weighted by molar-refractivity contribution is -0.132. The fourth-order valence-corrected chi connectivity index (χ4v) is 3.54. The first-order valence-electron chi connectivity index (χ1n) is 9.67. The van der Waals surface area contributed by atoms with E-state index < -0.39 is 0 Å². The summed E-state index contributed by atoms with van der Waals surface area (Å²) >= 11 is 0. The van der Waals surface area contributed by atoms with Crippen LogP contribution in [0.2, 0.25) is 0 Å².